The molecular formula is C17H22N2O2S. The maximum absolute atomic E-state index is 11.8. The van der Waals surface area contributed by atoms with Crippen LogP contribution >= 0.6 is 11.3 Å². The number of hydrogen-bond acceptors (Lipinski definition) is 4. The number of piperidine rings is 1. The van der Waals surface area contributed by atoms with Crippen molar-refractivity contribution in [3.8, 4) is 17.0 Å². The van der Waals surface area contributed by atoms with Gasteiger partial charge in [0.25, 0.3) is 0 Å². The fraction of sp³-hybridized carbons (Fsp3) is 0.471. The van der Waals surface area contributed by atoms with Crippen molar-refractivity contribution >= 4 is 11.3 Å². The van der Waals surface area contributed by atoms with Crippen LogP contribution in [0.4, 0.5) is 0 Å². The molecule has 0 amide bonds. The zero-order chi connectivity index (χ0) is 15.5. The van der Waals surface area contributed by atoms with Crippen LogP contribution in [-0.2, 0) is 6.54 Å². The number of nitrogens with one attached hydrogen (secondary N) is 1. The Morgan fingerprint density at radius 2 is 2.14 bits per heavy atom. The van der Waals surface area contributed by atoms with E-state index in [-0.39, 0.29) is 4.87 Å². The lowest BCUT2D eigenvalue weighted by Crippen LogP contribution is -2.33. The predicted molar refractivity (Wildman–Crippen MR) is 90.6 cm³/mol. The van der Waals surface area contributed by atoms with Crippen molar-refractivity contribution in [2.24, 2.45) is 5.92 Å². The summed E-state index contributed by atoms with van der Waals surface area (Å²) in [6.07, 6.45) is 2.56. The third-order valence-corrected chi connectivity index (χ3v) is 5.08. The van der Waals surface area contributed by atoms with Crippen molar-refractivity contribution in [2.75, 3.05) is 20.2 Å². The van der Waals surface area contributed by atoms with Crippen LogP contribution < -0.4 is 9.61 Å². The standard InChI is InChI=1S/C17H22N2O2S/c1-12-4-3-9-19(10-12)11-15-16(18-17(20)22-15)13-5-7-14(21-2)8-6-13/h5-8,12H,3-4,9-11H2,1-2H3,(H,18,20). The quantitative estimate of drug-likeness (QED) is 0.940. The summed E-state index contributed by atoms with van der Waals surface area (Å²) in [6, 6.07) is 7.86. The summed E-state index contributed by atoms with van der Waals surface area (Å²) >= 11 is 1.33. The van der Waals surface area contributed by atoms with E-state index in [1.807, 2.05) is 24.3 Å². The number of likely N-dealkylation sites (tertiary alicyclic amines) is 1. The van der Waals surface area contributed by atoms with Gasteiger partial charge in [0, 0.05) is 18.0 Å². The van der Waals surface area contributed by atoms with E-state index < -0.39 is 0 Å². The summed E-state index contributed by atoms with van der Waals surface area (Å²) in [6.45, 7) is 5.40. The van der Waals surface area contributed by atoms with Crippen LogP contribution in [0, 0.1) is 5.92 Å². The number of methoxy groups -OCH3 is 1. The lowest BCUT2D eigenvalue weighted by Gasteiger charge is -2.30. The predicted octanol–water partition coefficient (Wildman–Crippen LogP) is 3.34. The summed E-state index contributed by atoms with van der Waals surface area (Å²) in [5, 5.41) is 0. The van der Waals surface area contributed by atoms with E-state index in [0.717, 1.165) is 47.4 Å². The van der Waals surface area contributed by atoms with Crippen molar-refractivity contribution in [1.82, 2.24) is 9.88 Å². The molecule has 0 bridgehead atoms. The van der Waals surface area contributed by atoms with Crippen molar-refractivity contribution in [2.45, 2.75) is 26.3 Å². The van der Waals surface area contributed by atoms with Gasteiger partial charge in [-0.15, -0.1) is 0 Å². The van der Waals surface area contributed by atoms with Crippen molar-refractivity contribution < 1.29 is 4.74 Å². The zero-order valence-electron chi connectivity index (χ0n) is 13.1. The third-order valence-electron chi connectivity index (χ3n) is 4.21. The Labute approximate surface area is 134 Å². The van der Waals surface area contributed by atoms with Crippen LogP contribution in [0.25, 0.3) is 11.3 Å². The molecule has 0 spiro atoms. The highest BCUT2D eigenvalue weighted by molar-refractivity contribution is 7.09. The molecule has 1 atom stereocenters. The number of hydrogen-bond donors (Lipinski definition) is 1. The molecule has 1 aromatic carbocycles. The molecule has 1 saturated heterocycles. The van der Waals surface area contributed by atoms with E-state index in [9.17, 15) is 4.79 Å². The maximum Gasteiger partial charge on any atom is 0.305 e. The summed E-state index contributed by atoms with van der Waals surface area (Å²) in [5.74, 6) is 1.57. The molecule has 0 radical (unpaired) electrons. The van der Waals surface area contributed by atoms with Gasteiger partial charge in [-0.05, 0) is 55.1 Å². The van der Waals surface area contributed by atoms with Crippen molar-refractivity contribution in [3.63, 3.8) is 0 Å². The van der Waals surface area contributed by atoms with Gasteiger partial charge in [-0.1, -0.05) is 18.3 Å². The van der Waals surface area contributed by atoms with E-state index in [0.29, 0.717) is 0 Å². The lowest BCUT2D eigenvalue weighted by molar-refractivity contribution is 0.178. The first kappa shape index (κ1) is 15.3. The van der Waals surface area contributed by atoms with Crippen LogP contribution in [-0.4, -0.2) is 30.1 Å². The summed E-state index contributed by atoms with van der Waals surface area (Å²) < 4.78 is 5.20. The number of nitrogens with zero attached hydrogens (tertiary/aromatic N) is 1. The highest BCUT2D eigenvalue weighted by atomic mass is 32.1. The molecule has 0 aliphatic carbocycles. The summed E-state index contributed by atoms with van der Waals surface area (Å²) in [7, 11) is 1.66. The monoisotopic (exact) mass is 318 g/mol. The number of aromatic nitrogens is 1. The van der Waals surface area contributed by atoms with Crippen LogP contribution in [0.5, 0.6) is 5.75 Å². The third kappa shape index (κ3) is 3.42. The number of benzene rings is 1. The molecular weight excluding hydrogens is 296 g/mol. The van der Waals surface area contributed by atoms with Crippen molar-refractivity contribution in [3.05, 3.63) is 38.8 Å². The number of H-pyrrole nitrogens is 1. The topological polar surface area (TPSA) is 45.3 Å². The van der Waals surface area contributed by atoms with Gasteiger partial charge in [0.15, 0.2) is 0 Å². The Morgan fingerprint density at radius 3 is 2.82 bits per heavy atom. The second kappa shape index (κ2) is 6.67. The van der Waals surface area contributed by atoms with Gasteiger partial charge in [-0.25, -0.2) is 0 Å². The Bertz CT molecular complexity index is 675. The van der Waals surface area contributed by atoms with E-state index >= 15 is 0 Å². The fourth-order valence-electron chi connectivity index (χ4n) is 3.10. The molecule has 2 heterocycles. The molecule has 3 rings (SSSR count). The SMILES string of the molecule is COc1ccc(-c2[nH]c(=O)sc2CN2CCCC(C)C2)cc1. The lowest BCUT2D eigenvalue weighted by atomic mass is 10.00. The number of thiazole rings is 1. The Balaban J connectivity index is 1.84. The van der Waals surface area contributed by atoms with Gasteiger partial charge in [0.2, 0.25) is 0 Å². The van der Waals surface area contributed by atoms with E-state index in [4.69, 9.17) is 4.74 Å². The van der Waals surface area contributed by atoms with Crippen LogP contribution in [0.2, 0.25) is 0 Å². The number of ether oxygens (including phenoxy) is 1. The molecule has 1 N–H and O–H groups in total. The van der Waals surface area contributed by atoms with Crippen LogP contribution in [0.15, 0.2) is 29.1 Å². The van der Waals surface area contributed by atoms with Crippen LogP contribution in [0.3, 0.4) is 0 Å². The molecule has 1 fully saturated rings. The van der Waals surface area contributed by atoms with Gasteiger partial charge in [-0.3, -0.25) is 9.69 Å². The van der Waals surface area contributed by atoms with E-state index in [2.05, 4.69) is 16.8 Å². The molecule has 5 heteroatoms. The first-order valence-corrected chi connectivity index (χ1v) is 8.56. The highest BCUT2D eigenvalue weighted by Gasteiger charge is 2.19. The molecule has 1 unspecified atom stereocenters. The Hall–Kier alpha value is -1.59. The van der Waals surface area contributed by atoms with Gasteiger partial charge in [0.05, 0.1) is 12.8 Å². The fourth-order valence-corrected chi connectivity index (χ4v) is 3.99. The minimum atomic E-state index is 0.0193. The average Bonchev–Trinajstić information content (AvgIpc) is 2.88. The number of aromatic amines is 1. The summed E-state index contributed by atoms with van der Waals surface area (Å²) in [5.41, 5.74) is 2.00. The molecule has 1 aliphatic heterocycles. The molecule has 22 heavy (non-hydrogen) atoms. The highest BCUT2D eigenvalue weighted by Crippen LogP contribution is 2.27. The second-order valence-electron chi connectivity index (χ2n) is 6.02. The second-order valence-corrected chi connectivity index (χ2v) is 7.09. The first-order valence-electron chi connectivity index (χ1n) is 7.74. The molecule has 118 valence electrons. The largest absolute Gasteiger partial charge is 0.497 e. The van der Waals surface area contributed by atoms with Crippen molar-refractivity contribution in [1.29, 1.82) is 0 Å². The molecule has 1 aromatic heterocycles. The Kier molecular flexibility index (Phi) is 4.64. The van der Waals surface area contributed by atoms with Crippen LogP contribution in [0.1, 0.15) is 24.6 Å². The minimum Gasteiger partial charge on any atom is -0.497 e. The zero-order valence-corrected chi connectivity index (χ0v) is 13.9. The van der Waals surface area contributed by atoms with Gasteiger partial charge in [0.1, 0.15) is 5.75 Å². The van der Waals surface area contributed by atoms with Gasteiger partial charge in [-0.2, -0.15) is 0 Å². The van der Waals surface area contributed by atoms with Gasteiger partial charge < -0.3 is 9.72 Å². The molecule has 2 aromatic rings. The molecule has 4 nitrogen and oxygen atoms in total. The summed E-state index contributed by atoms with van der Waals surface area (Å²) in [4.78, 5) is 18.4. The normalized spacial score (nSPS) is 19.3. The van der Waals surface area contributed by atoms with E-state index in [1.165, 1.54) is 24.2 Å². The average molecular weight is 318 g/mol. The Morgan fingerprint density at radius 1 is 1.36 bits per heavy atom. The minimum absolute atomic E-state index is 0.0193. The first-order chi connectivity index (χ1) is 10.7. The molecule has 1 aliphatic rings. The smallest absolute Gasteiger partial charge is 0.305 e. The maximum atomic E-state index is 11.8. The van der Waals surface area contributed by atoms with Gasteiger partial charge >= 0.3 is 4.87 Å². The molecule has 0 saturated carbocycles. The van der Waals surface area contributed by atoms with E-state index in [1.54, 1.807) is 7.11 Å². The number of rotatable bonds is 4.